The van der Waals surface area contributed by atoms with Crippen LogP contribution in [0.4, 0.5) is 11.5 Å². The molecule has 0 spiro atoms. The molecular formula is C16H17N3O3. The monoisotopic (exact) mass is 299 g/mol. The Labute approximate surface area is 128 Å². The van der Waals surface area contributed by atoms with E-state index in [1.807, 2.05) is 42.2 Å². The van der Waals surface area contributed by atoms with Gasteiger partial charge in [-0.2, -0.15) is 0 Å². The van der Waals surface area contributed by atoms with Gasteiger partial charge in [0.05, 0.1) is 18.1 Å². The van der Waals surface area contributed by atoms with Crippen molar-refractivity contribution < 1.29 is 9.66 Å². The number of morpholine rings is 1. The van der Waals surface area contributed by atoms with Crippen LogP contribution >= 0.6 is 0 Å². The van der Waals surface area contributed by atoms with E-state index in [9.17, 15) is 10.1 Å². The molecule has 1 aromatic carbocycles. The lowest BCUT2D eigenvalue weighted by atomic mass is 9.94. The van der Waals surface area contributed by atoms with Crippen LogP contribution in [0.15, 0.2) is 48.7 Å². The van der Waals surface area contributed by atoms with E-state index in [1.165, 1.54) is 6.07 Å². The third-order valence-electron chi connectivity index (χ3n) is 3.92. The molecule has 0 N–H and O–H groups in total. The van der Waals surface area contributed by atoms with Gasteiger partial charge in [0.25, 0.3) is 0 Å². The highest BCUT2D eigenvalue weighted by Gasteiger charge is 2.36. The smallest absolute Gasteiger partial charge is 0.311 e. The zero-order valence-electron chi connectivity index (χ0n) is 12.3. The number of nitro groups is 1. The molecule has 2 heterocycles. The minimum Gasteiger partial charge on any atom is -0.367 e. The van der Waals surface area contributed by atoms with Gasteiger partial charge in [-0.15, -0.1) is 0 Å². The number of rotatable bonds is 3. The third kappa shape index (κ3) is 2.65. The fraction of sp³-hybridized carbons (Fsp3) is 0.312. The highest BCUT2D eigenvalue weighted by molar-refractivity contribution is 5.58. The molecule has 0 radical (unpaired) electrons. The first-order chi connectivity index (χ1) is 10.6. The second-order valence-electron chi connectivity index (χ2n) is 5.47. The van der Waals surface area contributed by atoms with Crippen LogP contribution in [-0.2, 0) is 10.3 Å². The fourth-order valence-corrected chi connectivity index (χ4v) is 2.79. The maximum Gasteiger partial charge on any atom is 0.311 e. The summed E-state index contributed by atoms with van der Waals surface area (Å²) in [5, 5.41) is 11.2. The van der Waals surface area contributed by atoms with E-state index in [2.05, 4.69) is 4.98 Å². The Hall–Kier alpha value is -2.47. The Kier molecular flexibility index (Phi) is 3.77. The van der Waals surface area contributed by atoms with Crippen molar-refractivity contribution in [2.24, 2.45) is 0 Å². The van der Waals surface area contributed by atoms with Gasteiger partial charge in [0.1, 0.15) is 5.60 Å². The topological polar surface area (TPSA) is 68.5 Å². The molecule has 0 saturated carbocycles. The molecule has 2 aromatic rings. The van der Waals surface area contributed by atoms with Gasteiger partial charge in [-0.05, 0) is 18.6 Å². The maximum absolute atomic E-state index is 11.2. The van der Waals surface area contributed by atoms with Crippen molar-refractivity contribution >= 4 is 11.5 Å². The van der Waals surface area contributed by atoms with Crippen LogP contribution in [0, 0.1) is 10.1 Å². The molecule has 1 atom stereocenters. The van der Waals surface area contributed by atoms with Gasteiger partial charge in [-0.3, -0.25) is 10.1 Å². The van der Waals surface area contributed by atoms with Crippen molar-refractivity contribution in [1.82, 2.24) is 4.98 Å². The summed E-state index contributed by atoms with van der Waals surface area (Å²) in [6.07, 6.45) is 1.58. The van der Waals surface area contributed by atoms with Crippen molar-refractivity contribution in [3.8, 4) is 0 Å². The van der Waals surface area contributed by atoms with E-state index >= 15 is 0 Å². The maximum atomic E-state index is 11.2. The molecule has 1 aliphatic heterocycles. The van der Waals surface area contributed by atoms with E-state index in [1.54, 1.807) is 12.3 Å². The predicted octanol–water partition coefficient (Wildman–Crippen LogP) is 2.74. The molecule has 114 valence electrons. The molecule has 1 unspecified atom stereocenters. The lowest BCUT2D eigenvalue weighted by Crippen LogP contribution is -2.48. The predicted molar refractivity (Wildman–Crippen MR) is 82.9 cm³/mol. The lowest BCUT2D eigenvalue weighted by Gasteiger charge is -2.41. The van der Waals surface area contributed by atoms with Crippen LogP contribution < -0.4 is 4.90 Å². The summed E-state index contributed by atoms with van der Waals surface area (Å²) in [7, 11) is 0. The minimum atomic E-state index is -0.509. The van der Waals surface area contributed by atoms with E-state index in [0.717, 1.165) is 5.56 Å². The van der Waals surface area contributed by atoms with Crippen LogP contribution in [0.2, 0.25) is 0 Å². The first-order valence-corrected chi connectivity index (χ1v) is 7.14. The van der Waals surface area contributed by atoms with Crippen LogP contribution in [0.25, 0.3) is 0 Å². The number of nitrogens with zero attached hydrogens (tertiary/aromatic N) is 3. The van der Waals surface area contributed by atoms with Gasteiger partial charge in [-0.1, -0.05) is 30.3 Å². The molecule has 1 saturated heterocycles. The zero-order valence-corrected chi connectivity index (χ0v) is 12.3. The summed E-state index contributed by atoms with van der Waals surface area (Å²) in [4.78, 5) is 16.9. The number of anilines is 1. The summed E-state index contributed by atoms with van der Waals surface area (Å²) in [5.41, 5.74) is 0.573. The number of benzene rings is 1. The average molecular weight is 299 g/mol. The number of pyridine rings is 1. The first kappa shape index (κ1) is 14.5. The quantitative estimate of drug-likeness (QED) is 0.644. The van der Waals surface area contributed by atoms with Gasteiger partial charge in [0.2, 0.25) is 5.82 Å². The summed E-state index contributed by atoms with van der Waals surface area (Å²) >= 11 is 0. The van der Waals surface area contributed by atoms with Crippen molar-refractivity contribution in [1.29, 1.82) is 0 Å². The normalized spacial score (nSPS) is 21.6. The fourth-order valence-electron chi connectivity index (χ4n) is 2.79. The molecular weight excluding hydrogens is 282 g/mol. The molecule has 6 heteroatoms. The first-order valence-electron chi connectivity index (χ1n) is 7.14. The van der Waals surface area contributed by atoms with E-state index < -0.39 is 10.5 Å². The average Bonchev–Trinajstić information content (AvgIpc) is 2.56. The highest BCUT2D eigenvalue weighted by Crippen LogP contribution is 2.34. The van der Waals surface area contributed by atoms with E-state index in [4.69, 9.17) is 4.74 Å². The zero-order chi connectivity index (χ0) is 15.6. The largest absolute Gasteiger partial charge is 0.367 e. The summed E-state index contributed by atoms with van der Waals surface area (Å²) in [6.45, 7) is 3.61. The molecule has 0 bridgehead atoms. The van der Waals surface area contributed by atoms with Crippen LogP contribution in [0.1, 0.15) is 12.5 Å². The molecule has 3 rings (SSSR count). The van der Waals surface area contributed by atoms with Gasteiger partial charge in [-0.25, -0.2) is 4.98 Å². The van der Waals surface area contributed by atoms with Crippen molar-refractivity contribution in [3.63, 3.8) is 0 Å². The van der Waals surface area contributed by atoms with E-state index in [0.29, 0.717) is 25.5 Å². The second-order valence-corrected chi connectivity index (χ2v) is 5.47. The van der Waals surface area contributed by atoms with E-state index in [-0.39, 0.29) is 5.69 Å². The Morgan fingerprint density at radius 2 is 2.05 bits per heavy atom. The van der Waals surface area contributed by atoms with Crippen molar-refractivity contribution in [3.05, 3.63) is 64.3 Å². The summed E-state index contributed by atoms with van der Waals surface area (Å²) in [5.74, 6) is 0.401. The highest BCUT2D eigenvalue weighted by atomic mass is 16.6. The van der Waals surface area contributed by atoms with Gasteiger partial charge >= 0.3 is 5.69 Å². The summed E-state index contributed by atoms with van der Waals surface area (Å²) in [6, 6.07) is 13.0. The van der Waals surface area contributed by atoms with Crippen LogP contribution in [0.3, 0.4) is 0 Å². The Bertz CT molecular complexity index is 677. The second kappa shape index (κ2) is 5.73. The number of ether oxygens (including phenoxy) is 1. The SMILES string of the molecule is CC1(c2ccccc2)CN(c2ncccc2[N+](=O)[O-])CCO1. The lowest BCUT2D eigenvalue weighted by molar-refractivity contribution is -0.384. The Balaban J connectivity index is 1.93. The molecule has 22 heavy (non-hydrogen) atoms. The third-order valence-corrected chi connectivity index (χ3v) is 3.92. The summed E-state index contributed by atoms with van der Waals surface area (Å²) < 4.78 is 5.96. The molecule has 1 aliphatic rings. The van der Waals surface area contributed by atoms with Crippen molar-refractivity contribution in [2.45, 2.75) is 12.5 Å². The molecule has 6 nitrogen and oxygen atoms in total. The number of hydrogen-bond donors (Lipinski definition) is 0. The molecule has 0 aliphatic carbocycles. The molecule has 1 aromatic heterocycles. The molecule has 1 fully saturated rings. The van der Waals surface area contributed by atoms with Crippen LogP contribution in [0.5, 0.6) is 0 Å². The van der Waals surface area contributed by atoms with Gasteiger partial charge < -0.3 is 9.64 Å². The van der Waals surface area contributed by atoms with Crippen molar-refractivity contribution in [2.75, 3.05) is 24.6 Å². The minimum absolute atomic E-state index is 0.0276. The Morgan fingerprint density at radius 3 is 2.77 bits per heavy atom. The standard InChI is InChI=1S/C16H17N3O3/c1-16(13-6-3-2-4-7-13)12-18(10-11-22-16)15-14(19(20)21)8-5-9-17-15/h2-9H,10-12H2,1H3. The number of aromatic nitrogens is 1. The number of hydrogen-bond acceptors (Lipinski definition) is 5. The van der Waals surface area contributed by atoms with Crippen LogP contribution in [-0.4, -0.2) is 29.6 Å². The van der Waals surface area contributed by atoms with Gasteiger partial charge in [0, 0.05) is 18.8 Å². The van der Waals surface area contributed by atoms with Gasteiger partial charge in [0.15, 0.2) is 0 Å². The molecule has 0 amide bonds. The Morgan fingerprint density at radius 1 is 1.27 bits per heavy atom.